The van der Waals surface area contributed by atoms with E-state index < -0.39 is 0 Å². The Kier molecular flexibility index (Phi) is 6.08. The van der Waals surface area contributed by atoms with Crippen molar-refractivity contribution in [3.05, 3.63) is 24.0 Å². The minimum atomic E-state index is 0. The van der Waals surface area contributed by atoms with Gasteiger partial charge in [-0.15, -0.1) is 24.8 Å². The number of nitrogens with zero attached hydrogens (tertiary/aromatic N) is 1. The number of fused-ring (bicyclic) bond motifs is 1. The van der Waals surface area contributed by atoms with Crippen molar-refractivity contribution in [3.8, 4) is 5.75 Å². The SMILES string of the molecule is C[C@@H]1[C@H](CN)c2ncccc2O[C@@H]1C.Cl.Cl. The lowest BCUT2D eigenvalue weighted by Crippen LogP contribution is -2.35. The topological polar surface area (TPSA) is 48.1 Å². The van der Waals surface area contributed by atoms with Gasteiger partial charge in [0.1, 0.15) is 5.75 Å². The molecule has 0 spiro atoms. The lowest BCUT2D eigenvalue weighted by Gasteiger charge is -2.34. The van der Waals surface area contributed by atoms with Crippen LogP contribution in [0.5, 0.6) is 5.75 Å². The van der Waals surface area contributed by atoms with Crippen molar-refractivity contribution >= 4 is 24.8 Å². The van der Waals surface area contributed by atoms with E-state index in [0.29, 0.717) is 18.4 Å². The number of ether oxygens (including phenoxy) is 1. The fourth-order valence-electron chi connectivity index (χ4n) is 1.99. The van der Waals surface area contributed by atoms with Crippen molar-refractivity contribution in [3.63, 3.8) is 0 Å². The van der Waals surface area contributed by atoms with Crippen LogP contribution in [-0.4, -0.2) is 17.6 Å². The molecule has 2 N–H and O–H groups in total. The van der Waals surface area contributed by atoms with Gasteiger partial charge in [-0.1, -0.05) is 6.92 Å². The Labute approximate surface area is 109 Å². The van der Waals surface area contributed by atoms with Gasteiger partial charge in [-0.25, -0.2) is 0 Å². The molecule has 3 atom stereocenters. The van der Waals surface area contributed by atoms with Crippen LogP contribution in [0.1, 0.15) is 25.5 Å². The Morgan fingerprint density at radius 1 is 1.38 bits per heavy atom. The number of hydrogen-bond acceptors (Lipinski definition) is 3. The van der Waals surface area contributed by atoms with Crippen molar-refractivity contribution < 1.29 is 4.74 Å². The molecule has 0 bridgehead atoms. The van der Waals surface area contributed by atoms with Gasteiger partial charge < -0.3 is 10.5 Å². The first-order chi connectivity index (χ1) is 6.74. The van der Waals surface area contributed by atoms with E-state index in [-0.39, 0.29) is 30.9 Å². The molecule has 0 saturated heterocycles. The van der Waals surface area contributed by atoms with Crippen molar-refractivity contribution in [1.82, 2.24) is 4.98 Å². The Morgan fingerprint density at radius 2 is 2.06 bits per heavy atom. The van der Waals surface area contributed by atoms with Gasteiger partial charge in [-0.05, 0) is 19.1 Å². The third-order valence-electron chi connectivity index (χ3n) is 3.09. The number of rotatable bonds is 1. The number of nitrogens with two attached hydrogens (primary N) is 1. The molecule has 0 saturated carbocycles. The molecule has 0 unspecified atom stereocenters. The van der Waals surface area contributed by atoms with Gasteiger partial charge in [0.15, 0.2) is 0 Å². The Hall–Kier alpha value is -0.510. The molecule has 1 aromatic heterocycles. The molecule has 16 heavy (non-hydrogen) atoms. The quantitative estimate of drug-likeness (QED) is 0.848. The molecule has 92 valence electrons. The molecule has 2 rings (SSSR count). The fraction of sp³-hybridized carbons (Fsp3) is 0.545. The molecule has 2 heterocycles. The Balaban J connectivity index is 0.00000112. The summed E-state index contributed by atoms with van der Waals surface area (Å²) in [5.74, 6) is 1.66. The van der Waals surface area contributed by atoms with Crippen molar-refractivity contribution in [2.75, 3.05) is 6.54 Å². The molecule has 0 radical (unpaired) electrons. The van der Waals surface area contributed by atoms with Crippen LogP contribution in [0.15, 0.2) is 18.3 Å². The number of halogens is 2. The van der Waals surface area contributed by atoms with E-state index in [1.54, 1.807) is 6.20 Å². The van der Waals surface area contributed by atoms with Crippen LogP contribution in [0, 0.1) is 5.92 Å². The highest BCUT2D eigenvalue weighted by Crippen LogP contribution is 2.37. The summed E-state index contributed by atoms with van der Waals surface area (Å²) in [6.07, 6.45) is 2.02. The molecule has 1 aliphatic heterocycles. The van der Waals surface area contributed by atoms with Crippen LogP contribution >= 0.6 is 24.8 Å². The molecule has 0 aromatic carbocycles. The lowest BCUT2D eigenvalue weighted by molar-refractivity contribution is 0.116. The number of pyridine rings is 1. The average Bonchev–Trinajstić information content (AvgIpc) is 2.20. The lowest BCUT2D eigenvalue weighted by atomic mass is 9.84. The van der Waals surface area contributed by atoms with Gasteiger partial charge in [-0.2, -0.15) is 0 Å². The predicted octanol–water partition coefficient (Wildman–Crippen LogP) is 2.38. The molecule has 5 heteroatoms. The van der Waals surface area contributed by atoms with Crippen LogP contribution in [-0.2, 0) is 0 Å². The summed E-state index contributed by atoms with van der Waals surface area (Å²) in [5.41, 5.74) is 6.79. The van der Waals surface area contributed by atoms with Crippen molar-refractivity contribution in [2.45, 2.75) is 25.9 Å². The second-order valence-electron chi connectivity index (χ2n) is 3.91. The largest absolute Gasteiger partial charge is 0.488 e. The molecule has 1 aliphatic rings. The summed E-state index contributed by atoms with van der Waals surface area (Å²) in [7, 11) is 0. The molecule has 3 nitrogen and oxygen atoms in total. The van der Waals surface area contributed by atoms with Gasteiger partial charge in [-0.3, -0.25) is 4.98 Å². The number of aromatic nitrogens is 1. The maximum Gasteiger partial charge on any atom is 0.141 e. The minimum absolute atomic E-state index is 0. The highest BCUT2D eigenvalue weighted by atomic mass is 35.5. The zero-order valence-corrected chi connectivity index (χ0v) is 11.1. The second kappa shape index (κ2) is 6.28. The van der Waals surface area contributed by atoms with E-state index in [4.69, 9.17) is 10.5 Å². The van der Waals surface area contributed by atoms with Crippen LogP contribution in [0.25, 0.3) is 0 Å². The first-order valence-corrected chi connectivity index (χ1v) is 5.05. The van der Waals surface area contributed by atoms with Crippen LogP contribution in [0.2, 0.25) is 0 Å². The monoisotopic (exact) mass is 264 g/mol. The molecular formula is C11H18Cl2N2O. The van der Waals surface area contributed by atoms with Crippen molar-refractivity contribution in [2.24, 2.45) is 11.7 Å². The smallest absolute Gasteiger partial charge is 0.141 e. The van der Waals surface area contributed by atoms with Crippen LogP contribution in [0.3, 0.4) is 0 Å². The summed E-state index contributed by atoms with van der Waals surface area (Å²) < 4.78 is 5.76. The standard InChI is InChI=1S/C11H16N2O.2ClH/c1-7-8(2)14-10-4-3-5-13-11(10)9(7)6-12;;/h3-5,7-9H,6,12H2,1-2H3;2*1H/t7-,8+,9-;;/m0../s1. The zero-order chi connectivity index (χ0) is 10.1. The van der Waals surface area contributed by atoms with Gasteiger partial charge in [0.2, 0.25) is 0 Å². The molecule has 0 amide bonds. The van der Waals surface area contributed by atoms with Crippen LogP contribution < -0.4 is 10.5 Å². The van der Waals surface area contributed by atoms with E-state index in [2.05, 4.69) is 18.8 Å². The maximum atomic E-state index is 5.78. The minimum Gasteiger partial charge on any atom is -0.488 e. The van der Waals surface area contributed by atoms with E-state index in [1.807, 2.05) is 12.1 Å². The maximum absolute atomic E-state index is 5.78. The normalized spacial score (nSPS) is 26.8. The summed E-state index contributed by atoms with van der Waals surface area (Å²) in [5, 5.41) is 0. The highest BCUT2D eigenvalue weighted by Gasteiger charge is 2.32. The third kappa shape index (κ3) is 2.59. The Bertz CT molecular complexity index is 336. The first-order valence-electron chi connectivity index (χ1n) is 5.05. The average molecular weight is 265 g/mol. The van der Waals surface area contributed by atoms with Gasteiger partial charge in [0.05, 0.1) is 11.8 Å². The first kappa shape index (κ1) is 15.5. The fourth-order valence-corrected chi connectivity index (χ4v) is 1.99. The van der Waals surface area contributed by atoms with Gasteiger partial charge in [0.25, 0.3) is 0 Å². The summed E-state index contributed by atoms with van der Waals surface area (Å²) in [4.78, 5) is 4.35. The van der Waals surface area contributed by atoms with E-state index in [1.165, 1.54) is 0 Å². The predicted molar refractivity (Wildman–Crippen MR) is 69.8 cm³/mol. The van der Waals surface area contributed by atoms with Crippen LogP contribution in [0.4, 0.5) is 0 Å². The summed E-state index contributed by atoms with van der Waals surface area (Å²) in [6, 6.07) is 3.86. The van der Waals surface area contributed by atoms with Crippen molar-refractivity contribution in [1.29, 1.82) is 0 Å². The zero-order valence-electron chi connectivity index (χ0n) is 9.42. The molecule has 0 aliphatic carbocycles. The highest BCUT2D eigenvalue weighted by molar-refractivity contribution is 5.85. The number of hydrogen-bond donors (Lipinski definition) is 1. The third-order valence-corrected chi connectivity index (χ3v) is 3.09. The molecule has 0 fully saturated rings. The molecular weight excluding hydrogens is 247 g/mol. The summed E-state index contributed by atoms with van der Waals surface area (Å²) >= 11 is 0. The molecule has 1 aromatic rings. The Morgan fingerprint density at radius 3 is 2.69 bits per heavy atom. The van der Waals surface area contributed by atoms with E-state index in [9.17, 15) is 0 Å². The second-order valence-corrected chi connectivity index (χ2v) is 3.91. The van der Waals surface area contributed by atoms with E-state index in [0.717, 1.165) is 11.4 Å². The summed E-state index contributed by atoms with van der Waals surface area (Å²) in [6.45, 7) is 4.89. The van der Waals surface area contributed by atoms with E-state index >= 15 is 0 Å². The van der Waals surface area contributed by atoms with Gasteiger partial charge >= 0.3 is 0 Å². The van der Waals surface area contributed by atoms with Gasteiger partial charge in [0, 0.05) is 24.6 Å².